The number of hydrogen-bond acceptors (Lipinski definition) is 3. The quantitative estimate of drug-likeness (QED) is 0.728. The Kier molecular flexibility index (Phi) is 7.86. The zero-order valence-corrected chi connectivity index (χ0v) is 16.1. The van der Waals surface area contributed by atoms with Crippen LogP contribution in [0.3, 0.4) is 0 Å². The molecule has 3 unspecified atom stereocenters. The van der Waals surface area contributed by atoms with Gasteiger partial charge in [-0.1, -0.05) is 18.6 Å². The number of nitrogens with one attached hydrogen (secondary N) is 2. The average Bonchev–Trinajstić information content (AvgIpc) is 3.10. The summed E-state index contributed by atoms with van der Waals surface area (Å²) in [6.45, 7) is 1.51. The molecule has 0 radical (unpaired) electrons. The lowest BCUT2D eigenvalue weighted by Crippen LogP contribution is -2.49. The van der Waals surface area contributed by atoms with Gasteiger partial charge < -0.3 is 21.3 Å². The Labute approximate surface area is 165 Å². The Hall–Kier alpha value is -1.86. The number of anilines is 1. The molecule has 27 heavy (non-hydrogen) atoms. The molecule has 2 aliphatic rings. The number of benzene rings is 1. The van der Waals surface area contributed by atoms with Gasteiger partial charge in [-0.3, -0.25) is 4.79 Å². The number of carbonyl (C=O) groups excluding carboxylic acids is 2. The number of likely N-dealkylation sites (tertiary alicyclic amines) is 1. The van der Waals surface area contributed by atoms with Gasteiger partial charge in [0.15, 0.2) is 0 Å². The Balaban J connectivity index is 0.00000261. The first-order chi connectivity index (χ1) is 12.6. The SMILES string of the molecule is Cl.NCC1CCCC1NC(=O)C1CCCN(C(=O)Nc2ccccc2F)C1. The van der Waals surface area contributed by atoms with Crippen molar-refractivity contribution in [3.63, 3.8) is 0 Å². The molecule has 0 bridgehead atoms. The van der Waals surface area contributed by atoms with Crippen molar-refractivity contribution >= 4 is 30.0 Å². The Morgan fingerprint density at radius 1 is 1.19 bits per heavy atom. The second kappa shape index (κ2) is 9.90. The highest BCUT2D eigenvalue weighted by Gasteiger charge is 2.33. The fraction of sp³-hybridized carbons (Fsp3) is 0.579. The van der Waals surface area contributed by atoms with Crippen molar-refractivity contribution in [1.82, 2.24) is 10.2 Å². The molecular weight excluding hydrogens is 371 g/mol. The van der Waals surface area contributed by atoms with Gasteiger partial charge in [-0.15, -0.1) is 12.4 Å². The van der Waals surface area contributed by atoms with Crippen molar-refractivity contribution in [2.45, 2.75) is 38.1 Å². The van der Waals surface area contributed by atoms with Gasteiger partial charge in [0, 0.05) is 19.1 Å². The first-order valence-corrected chi connectivity index (χ1v) is 9.39. The molecule has 3 amide bonds. The second-order valence-electron chi connectivity index (χ2n) is 7.24. The van der Waals surface area contributed by atoms with Crippen LogP contribution in [0.4, 0.5) is 14.9 Å². The molecule has 1 saturated carbocycles. The highest BCUT2D eigenvalue weighted by molar-refractivity contribution is 5.90. The topological polar surface area (TPSA) is 87.5 Å². The van der Waals surface area contributed by atoms with E-state index in [0.29, 0.717) is 25.6 Å². The van der Waals surface area contributed by atoms with Crippen LogP contribution in [-0.4, -0.2) is 42.5 Å². The van der Waals surface area contributed by atoms with Crippen LogP contribution in [0.15, 0.2) is 24.3 Å². The summed E-state index contributed by atoms with van der Waals surface area (Å²) in [7, 11) is 0. The second-order valence-corrected chi connectivity index (χ2v) is 7.24. The van der Waals surface area contributed by atoms with Gasteiger partial charge in [0.2, 0.25) is 5.91 Å². The maximum absolute atomic E-state index is 13.7. The predicted octanol–water partition coefficient (Wildman–Crippen LogP) is 2.74. The maximum Gasteiger partial charge on any atom is 0.321 e. The Morgan fingerprint density at radius 2 is 1.96 bits per heavy atom. The molecule has 4 N–H and O–H groups in total. The van der Waals surface area contributed by atoms with Gasteiger partial charge in [0.25, 0.3) is 0 Å². The zero-order chi connectivity index (χ0) is 18.5. The van der Waals surface area contributed by atoms with E-state index < -0.39 is 5.82 Å². The first kappa shape index (κ1) is 21.4. The molecule has 1 aromatic rings. The van der Waals surface area contributed by atoms with Crippen molar-refractivity contribution in [1.29, 1.82) is 0 Å². The lowest BCUT2D eigenvalue weighted by atomic mass is 9.96. The number of piperidine rings is 1. The van der Waals surface area contributed by atoms with Crippen LogP contribution >= 0.6 is 12.4 Å². The number of halogens is 2. The molecule has 1 saturated heterocycles. The summed E-state index contributed by atoms with van der Waals surface area (Å²) in [4.78, 5) is 26.6. The minimum absolute atomic E-state index is 0. The van der Waals surface area contributed by atoms with Crippen LogP contribution in [0.2, 0.25) is 0 Å². The van der Waals surface area contributed by atoms with Crippen LogP contribution in [0.25, 0.3) is 0 Å². The molecule has 1 heterocycles. The molecule has 1 aliphatic carbocycles. The number of carbonyl (C=O) groups is 2. The monoisotopic (exact) mass is 398 g/mol. The molecule has 2 fully saturated rings. The molecule has 3 atom stereocenters. The van der Waals surface area contributed by atoms with E-state index in [9.17, 15) is 14.0 Å². The molecular formula is C19H28ClFN4O2. The van der Waals surface area contributed by atoms with Gasteiger partial charge in [-0.25, -0.2) is 9.18 Å². The molecule has 3 rings (SSSR count). The van der Waals surface area contributed by atoms with E-state index in [1.807, 2.05) is 0 Å². The van der Waals surface area contributed by atoms with Crippen molar-refractivity contribution < 1.29 is 14.0 Å². The molecule has 8 heteroatoms. The van der Waals surface area contributed by atoms with Crippen molar-refractivity contribution in [3.8, 4) is 0 Å². The standard InChI is InChI=1S/C19H27FN4O2.ClH/c20-15-7-1-2-8-17(15)23-19(26)24-10-4-6-14(12-24)18(25)22-16-9-3-5-13(16)11-21;/h1-2,7-8,13-14,16H,3-6,9-12,21H2,(H,22,25)(H,23,26);1H. The molecule has 1 aliphatic heterocycles. The number of amides is 3. The molecule has 0 spiro atoms. The van der Waals surface area contributed by atoms with E-state index in [2.05, 4.69) is 10.6 Å². The smallest absolute Gasteiger partial charge is 0.321 e. The summed E-state index contributed by atoms with van der Waals surface area (Å²) in [6.07, 6.45) is 4.64. The fourth-order valence-corrected chi connectivity index (χ4v) is 3.94. The van der Waals surface area contributed by atoms with Crippen molar-refractivity contribution in [2.75, 3.05) is 25.0 Å². The van der Waals surface area contributed by atoms with E-state index >= 15 is 0 Å². The largest absolute Gasteiger partial charge is 0.353 e. The van der Waals surface area contributed by atoms with Gasteiger partial charge in [0.05, 0.1) is 11.6 Å². The predicted molar refractivity (Wildman–Crippen MR) is 105 cm³/mol. The third kappa shape index (κ3) is 5.32. The van der Waals surface area contributed by atoms with Crippen molar-refractivity contribution in [2.24, 2.45) is 17.6 Å². The minimum Gasteiger partial charge on any atom is -0.353 e. The molecule has 6 nitrogen and oxygen atoms in total. The summed E-state index contributed by atoms with van der Waals surface area (Å²) in [6, 6.07) is 5.85. The number of para-hydroxylation sites is 1. The van der Waals surface area contributed by atoms with Crippen LogP contribution in [0, 0.1) is 17.7 Å². The molecule has 150 valence electrons. The third-order valence-corrected chi connectivity index (χ3v) is 5.48. The third-order valence-electron chi connectivity index (χ3n) is 5.48. The van der Waals surface area contributed by atoms with E-state index in [-0.39, 0.29) is 42.0 Å². The van der Waals surface area contributed by atoms with Gasteiger partial charge in [0.1, 0.15) is 5.82 Å². The Bertz CT molecular complexity index is 660. The maximum atomic E-state index is 13.7. The number of nitrogens with zero attached hydrogens (tertiary/aromatic N) is 1. The highest BCUT2D eigenvalue weighted by Crippen LogP contribution is 2.26. The molecule has 0 aromatic heterocycles. The lowest BCUT2D eigenvalue weighted by Gasteiger charge is -2.33. The van der Waals surface area contributed by atoms with Crippen LogP contribution in [0.5, 0.6) is 0 Å². The van der Waals surface area contributed by atoms with Crippen molar-refractivity contribution in [3.05, 3.63) is 30.1 Å². The summed E-state index contributed by atoms with van der Waals surface area (Å²) in [5, 5.41) is 5.72. The number of nitrogens with two attached hydrogens (primary N) is 1. The highest BCUT2D eigenvalue weighted by atomic mass is 35.5. The van der Waals surface area contributed by atoms with Crippen LogP contribution in [0.1, 0.15) is 32.1 Å². The van der Waals surface area contributed by atoms with E-state index in [1.165, 1.54) is 12.1 Å². The fourth-order valence-electron chi connectivity index (χ4n) is 3.94. The first-order valence-electron chi connectivity index (χ1n) is 9.39. The normalized spacial score (nSPS) is 24.8. The number of rotatable bonds is 4. The van der Waals surface area contributed by atoms with Gasteiger partial charge in [-0.05, 0) is 50.3 Å². The number of hydrogen-bond donors (Lipinski definition) is 3. The van der Waals surface area contributed by atoms with Gasteiger partial charge in [-0.2, -0.15) is 0 Å². The van der Waals surface area contributed by atoms with Crippen LogP contribution < -0.4 is 16.4 Å². The number of urea groups is 1. The molecule has 1 aromatic carbocycles. The minimum atomic E-state index is -0.471. The van der Waals surface area contributed by atoms with E-state index in [0.717, 1.165) is 32.1 Å². The van der Waals surface area contributed by atoms with E-state index in [1.54, 1.807) is 17.0 Å². The lowest BCUT2D eigenvalue weighted by molar-refractivity contribution is -0.127. The Morgan fingerprint density at radius 3 is 2.70 bits per heavy atom. The summed E-state index contributed by atoms with van der Waals surface area (Å²) in [5.41, 5.74) is 5.94. The van der Waals surface area contributed by atoms with E-state index in [4.69, 9.17) is 5.73 Å². The van der Waals surface area contributed by atoms with Crippen LogP contribution in [-0.2, 0) is 4.79 Å². The summed E-state index contributed by atoms with van der Waals surface area (Å²) in [5.74, 6) is -0.350. The van der Waals surface area contributed by atoms with Gasteiger partial charge >= 0.3 is 6.03 Å². The summed E-state index contributed by atoms with van der Waals surface area (Å²) >= 11 is 0. The summed E-state index contributed by atoms with van der Waals surface area (Å²) < 4.78 is 13.7. The zero-order valence-electron chi connectivity index (χ0n) is 15.3. The average molecular weight is 399 g/mol.